The first-order chi connectivity index (χ1) is 27.1. The van der Waals surface area contributed by atoms with Crippen molar-refractivity contribution in [2.45, 2.75) is 257 Å². The first-order valence-corrected chi connectivity index (χ1v) is 24.0. The fourth-order valence-corrected chi connectivity index (χ4v) is 7.11. The van der Waals surface area contributed by atoms with Gasteiger partial charge in [0.05, 0.1) is 18.8 Å². The quantitative estimate of drug-likeness (QED) is 0.0367. The second-order valence-electron chi connectivity index (χ2n) is 16.3. The summed E-state index contributed by atoms with van der Waals surface area (Å²) in [6, 6.07) is -0.818. The molecule has 55 heavy (non-hydrogen) atoms. The highest BCUT2D eigenvalue weighted by atomic mass is 16.3. The molecule has 0 saturated heterocycles. The van der Waals surface area contributed by atoms with Crippen LogP contribution in [0.5, 0.6) is 0 Å². The SMILES string of the molecule is CCCCCCCCCCC/C=C\C/C=C\CCCCCCCCCCC(O)C(=O)NC(CO)C(O)/C=C/CC/C=C/CCCCCCCCCCCCC. The molecule has 4 N–H and O–H groups in total. The zero-order valence-electron chi connectivity index (χ0n) is 36.6. The molecule has 0 bridgehead atoms. The molecule has 0 aliphatic carbocycles. The van der Waals surface area contributed by atoms with Gasteiger partial charge in [0, 0.05) is 0 Å². The molecule has 322 valence electrons. The van der Waals surface area contributed by atoms with Crippen LogP contribution in [0.1, 0.15) is 239 Å². The molecule has 0 spiro atoms. The van der Waals surface area contributed by atoms with E-state index in [1.807, 2.05) is 6.08 Å². The Kier molecular flexibility index (Phi) is 43.6. The lowest BCUT2D eigenvalue weighted by atomic mass is 10.0. The van der Waals surface area contributed by atoms with Crippen molar-refractivity contribution < 1.29 is 20.1 Å². The standard InChI is InChI=1S/C50H93NO4/c1-3-5-7-9-11-13-15-17-19-21-22-23-24-25-26-27-29-31-33-35-37-39-41-43-45-49(54)50(55)51-47(46-52)48(53)44-42-40-38-36-34-32-30-28-20-18-16-14-12-10-8-6-4-2/h22-23,25-26,34,36,42,44,47-49,52-54H,3-21,24,27-33,35,37-41,43,45-46H2,1-2H3,(H,51,55)/b23-22-,26-25-,36-34+,44-42+. The molecule has 0 aromatic carbocycles. The largest absolute Gasteiger partial charge is 0.394 e. The molecular weight excluding hydrogens is 679 g/mol. The number of hydrogen-bond acceptors (Lipinski definition) is 4. The predicted octanol–water partition coefficient (Wildman–Crippen LogP) is 14.1. The number of rotatable bonds is 43. The van der Waals surface area contributed by atoms with Crippen LogP contribution in [0.3, 0.4) is 0 Å². The van der Waals surface area contributed by atoms with E-state index in [-0.39, 0.29) is 6.61 Å². The monoisotopic (exact) mass is 772 g/mol. The van der Waals surface area contributed by atoms with Crippen molar-refractivity contribution in [3.8, 4) is 0 Å². The summed E-state index contributed by atoms with van der Waals surface area (Å²) in [6.45, 7) is 4.17. The smallest absolute Gasteiger partial charge is 0.249 e. The number of aliphatic hydroxyl groups is 3. The Bertz CT molecular complexity index is 896. The minimum absolute atomic E-state index is 0.379. The normalized spacial score (nSPS) is 13.9. The summed E-state index contributed by atoms with van der Waals surface area (Å²) in [5, 5.41) is 33.2. The second kappa shape index (κ2) is 45.0. The number of amides is 1. The fraction of sp³-hybridized carbons (Fsp3) is 0.820. The van der Waals surface area contributed by atoms with Gasteiger partial charge >= 0.3 is 0 Å². The Balaban J connectivity index is 3.69. The lowest BCUT2D eigenvalue weighted by Crippen LogP contribution is -2.48. The van der Waals surface area contributed by atoms with Crippen LogP contribution >= 0.6 is 0 Å². The lowest BCUT2D eigenvalue weighted by molar-refractivity contribution is -0.131. The maximum absolute atomic E-state index is 12.5. The van der Waals surface area contributed by atoms with Crippen LogP contribution in [0, 0.1) is 0 Å². The van der Waals surface area contributed by atoms with E-state index in [0.29, 0.717) is 6.42 Å². The maximum atomic E-state index is 12.5. The highest BCUT2D eigenvalue weighted by Gasteiger charge is 2.22. The molecule has 0 heterocycles. The van der Waals surface area contributed by atoms with Crippen molar-refractivity contribution in [3.05, 3.63) is 48.6 Å². The number of hydrogen-bond donors (Lipinski definition) is 4. The van der Waals surface area contributed by atoms with E-state index < -0.39 is 24.2 Å². The van der Waals surface area contributed by atoms with E-state index in [0.717, 1.165) is 44.9 Å². The Hall–Kier alpha value is -1.69. The average molecular weight is 772 g/mol. The molecule has 3 unspecified atom stereocenters. The van der Waals surface area contributed by atoms with E-state index in [2.05, 4.69) is 55.6 Å². The molecule has 3 atom stereocenters. The van der Waals surface area contributed by atoms with Gasteiger partial charge in [0.2, 0.25) is 5.91 Å². The van der Waals surface area contributed by atoms with Crippen molar-refractivity contribution >= 4 is 5.91 Å². The molecule has 0 aromatic rings. The number of aliphatic hydroxyl groups excluding tert-OH is 3. The first-order valence-electron chi connectivity index (χ1n) is 24.0. The minimum Gasteiger partial charge on any atom is -0.394 e. The third-order valence-electron chi connectivity index (χ3n) is 10.9. The van der Waals surface area contributed by atoms with Gasteiger partial charge in [-0.1, -0.05) is 223 Å². The Morgan fingerprint density at radius 3 is 1.22 bits per heavy atom. The average Bonchev–Trinajstić information content (AvgIpc) is 3.19. The van der Waals surface area contributed by atoms with Crippen molar-refractivity contribution in [2.24, 2.45) is 0 Å². The van der Waals surface area contributed by atoms with Gasteiger partial charge in [-0.3, -0.25) is 4.79 Å². The van der Waals surface area contributed by atoms with Crippen LogP contribution in [0.25, 0.3) is 0 Å². The van der Waals surface area contributed by atoms with Gasteiger partial charge in [-0.05, 0) is 64.2 Å². The van der Waals surface area contributed by atoms with Crippen LogP contribution in [0.15, 0.2) is 48.6 Å². The molecule has 5 nitrogen and oxygen atoms in total. The summed E-state index contributed by atoms with van der Waals surface area (Å²) in [7, 11) is 0. The van der Waals surface area contributed by atoms with Crippen molar-refractivity contribution in [1.29, 1.82) is 0 Å². The van der Waals surface area contributed by atoms with Gasteiger partial charge in [-0.15, -0.1) is 0 Å². The van der Waals surface area contributed by atoms with Crippen LogP contribution in [-0.2, 0) is 4.79 Å². The van der Waals surface area contributed by atoms with Crippen molar-refractivity contribution in [2.75, 3.05) is 6.61 Å². The van der Waals surface area contributed by atoms with Gasteiger partial charge in [-0.2, -0.15) is 0 Å². The Labute approximate surface area is 342 Å². The van der Waals surface area contributed by atoms with Gasteiger partial charge < -0.3 is 20.6 Å². The summed E-state index contributed by atoms with van der Waals surface area (Å²) in [4.78, 5) is 12.5. The molecule has 0 radical (unpaired) electrons. The van der Waals surface area contributed by atoms with Crippen LogP contribution in [-0.4, -0.2) is 46.1 Å². The van der Waals surface area contributed by atoms with E-state index in [4.69, 9.17) is 0 Å². The van der Waals surface area contributed by atoms with Crippen LogP contribution in [0.2, 0.25) is 0 Å². The topological polar surface area (TPSA) is 89.8 Å². The van der Waals surface area contributed by atoms with Crippen molar-refractivity contribution in [1.82, 2.24) is 5.32 Å². The summed E-state index contributed by atoms with van der Waals surface area (Å²) in [5.74, 6) is -0.518. The summed E-state index contributed by atoms with van der Waals surface area (Å²) < 4.78 is 0. The Morgan fingerprint density at radius 2 is 0.800 bits per heavy atom. The summed E-state index contributed by atoms with van der Waals surface area (Å²) >= 11 is 0. The molecule has 5 heteroatoms. The van der Waals surface area contributed by atoms with E-state index in [1.54, 1.807) is 6.08 Å². The molecule has 0 rings (SSSR count). The second-order valence-corrected chi connectivity index (χ2v) is 16.3. The van der Waals surface area contributed by atoms with E-state index in [9.17, 15) is 20.1 Å². The summed E-state index contributed by atoms with van der Waals surface area (Å²) in [5.41, 5.74) is 0. The maximum Gasteiger partial charge on any atom is 0.249 e. The lowest BCUT2D eigenvalue weighted by Gasteiger charge is -2.21. The molecular formula is C50H93NO4. The van der Waals surface area contributed by atoms with Gasteiger partial charge in [0.1, 0.15) is 6.10 Å². The van der Waals surface area contributed by atoms with Crippen LogP contribution in [0.4, 0.5) is 0 Å². The minimum atomic E-state index is -1.11. The third kappa shape index (κ3) is 40.3. The highest BCUT2D eigenvalue weighted by molar-refractivity contribution is 5.80. The fourth-order valence-electron chi connectivity index (χ4n) is 7.11. The zero-order valence-corrected chi connectivity index (χ0v) is 36.6. The molecule has 1 amide bonds. The molecule has 0 saturated carbocycles. The number of carbonyl (C=O) groups excluding carboxylic acids is 1. The third-order valence-corrected chi connectivity index (χ3v) is 10.9. The van der Waals surface area contributed by atoms with Gasteiger partial charge in [0.25, 0.3) is 0 Å². The highest BCUT2D eigenvalue weighted by Crippen LogP contribution is 2.15. The first kappa shape index (κ1) is 53.3. The number of unbranched alkanes of at least 4 members (excludes halogenated alkanes) is 29. The summed E-state index contributed by atoms with van der Waals surface area (Å²) in [6.07, 6.45) is 58.7. The number of nitrogens with one attached hydrogen (secondary N) is 1. The van der Waals surface area contributed by atoms with Gasteiger partial charge in [0.15, 0.2) is 0 Å². The zero-order chi connectivity index (χ0) is 40.1. The predicted molar refractivity (Wildman–Crippen MR) is 241 cm³/mol. The van der Waals surface area contributed by atoms with Gasteiger partial charge in [-0.25, -0.2) is 0 Å². The van der Waals surface area contributed by atoms with E-state index in [1.165, 1.54) is 173 Å². The molecule has 0 aliphatic rings. The van der Waals surface area contributed by atoms with Crippen molar-refractivity contribution in [3.63, 3.8) is 0 Å². The molecule has 0 aliphatic heterocycles. The number of allylic oxidation sites excluding steroid dienone is 7. The molecule has 0 fully saturated rings. The Morgan fingerprint density at radius 1 is 0.455 bits per heavy atom. The molecule has 0 aromatic heterocycles. The number of carbonyl (C=O) groups is 1. The van der Waals surface area contributed by atoms with Crippen LogP contribution < -0.4 is 5.32 Å². The van der Waals surface area contributed by atoms with E-state index >= 15 is 0 Å².